The summed E-state index contributed by atoms with van der Waals surface area (Å²) in [6.45, 7) is 11.0. The van der Waals surface area contributed by atoms with Crippen LogP contribution in [0.15, 0.2) is 22.7 Å². The van der Waals surface area contributed by atoms with Gasteiger partial charge in [0, 0.05) is 29.1 Å². The lowest BCUT2D eigenvalue weighted by Crippen LogP contribution is -2.35. The molecule has 1 fully saturated rings. The molecule has 1 aliphatic rings. The fourth-order valence-corrected chi connectivity index (χ4v) is 3.13. The van der Waals surface area contributed by atoms with Crippen LogP contribution in [-0.2, 0) is 6.54 Å². The molecule has 1 aromatic rings. The first-order chi connectivity index (χ1) is 9.90. The van der Waals surface area contributed by atoms with E-state index in [-0.39, 0.29) is 5.54 Å². The smallest absolute Gasteiger partial charge is 0.0513 e. The SMILES string of the molecule is CCCCN(c1ccc(CNC(C)(C)C)cc1Br)C1CC1. The first-order valence-corrected chi connectivity index (χ1v) is 9.00. The fraction of sp³-hybridized carbons (Fsp3) is 0.667. The second-order valence-electron chi connectivity index (χ2n) is 7.17. The first kappa shape index (κ1) is 16.8. The number of hydrogen-bond acceptors (Lipinski definition) is 2. The summed E-state index contributed by atoms with van der Waals surface area (Å²) in [5.74, 6) is 0. The largest absolute Gasteiger partial charge is 0.368 e. The molecule has 21 heavy (non-hydrogen) atoms. The van der Waals surface area contributed by atoms with E-state index in [9.17, 15) is 0 Å². The van der Waals surface area contributed by atoms with E-state index in [2.05, 4.69) is 72.0 Å². The molecule has 118 valence electrons. The lowest BCUT2D eigenvalue weighted by molar-refractivity contribution is 0.424. The molecule has 2 rings (SSSR count). The minimum absolute atomic E-state index is 0.159. The fourth-order valence-electron chi connectivity index (χ4n) is 2.47. The van der Waals surface area contributed by atoms with Crippen molar-refractivity contribution < 1.29 is 0 Å². The maximum Gasteiger partial charge on any atom is 0.0513 e. The van der Waals surface area contributed by atoms with Crippen molar-refractivity contribution in [2.45, 2.75) is 71.5 Å². The van der Waals surface area contributed by atoms with Crippen LogP contribution in [0.3, 0.4) is 0 Å². The zero-order valence-electron chi connectivity index (χ0n) is 13.9. The maximum absolute atomic E-state index is 3.79. The lowest BCUT2D eigenvalue weighted by atomic mass is 10.1. The molecule has 1 aromatic carbocycles. The molecular formula is C18H29BrN2. The Morgan fingerprint density at radius 3 is 2.52 bits per heavy atom. The van der Waals surface area contributed by atoms with Gasteiger partial charge in [-0.1, -0.05) is 19.4 Å². The zero-order valence-corrected chi connectivity index (χ0v) is 15.5. The second-order valence-corrected chi connectivity index (χ2v) is 8.02. The molecular weight excluding hydrogens is 324 g/mol. The molecule has 0 radical (unpaired) electrons. The van der Waals surface area contributed by atoms with Gasteiger partial charge in [0.1, 0.15) is 0 Å². The Bertz CT molecular complexity index is 461. The van der Waals surface area contributed by atoms with Crippen LogP contribution >= 0.6 is 15.9 Å². The topological polar surface area (TPSA) is 15.3 Å². The normalized spacial score (nSPS) is 15.3. The number of anilines is 1. The third-order valence-corrected chi connectivity index (χ3v) is 4.52. The standard InChI is InChI=1S/C18H29BrN2/c1-5-6-11-21(15-8-9-15)17-10-7-14(12-16(17)19)13-20-18(2,3)4/h7,10,12,15,20H,5-6,8-9,11,13H2,1-4H3. The van der Waals surface area contributed by atoms with E-state index < -0.39 is 0 Å². The predicted molar refractivity (Wildman–Crippen MR) is 96.0 cm³/mol. The second kappa shape index (κ2) is 7.15. The molecule has 0 aromatic heterocycles. The summed E-state index contributed by atoms with van der Waals surface area (Å²) in [6, 6.07) is 7.60. The predicted octanol–water partition coefficient (Wildman–Crippen LogP) is 5.11. The molecule has 0 amide bonds. The molecule has 0 heterocycles. The zero-order chi connectivity index (χ0) is 15.5. The summed E-state index contributed by atoms with van der Waals surface area (Å²) >= 11 is 3.79. The number of hydrogen-bond donors (Lipinski definition) is 1. The van der Waals surface area contributed by atoms with Crippen LogP contribution in [-0.4, -0.2) is 18.1 Å². The highest BCUT2D eigenvalue weighted by Crippen LogP contribution is 2.36. The number of rotatable bonds is 7. The molecule has 0 spiro atoms. The van der Waals surface area contributed by atoms with Crippen molar-refractivity contribution in [1.29, 1.82) is 0 Å². The minimum atomic E-state index is 0.159. The van der Waals surface area contributed by atoms with Crippen LogP contribution in [0, 0.1) is 0 Å². The van der Waals surface area contributed by atoms with Gasteiger partial charge < -0.3 is 10.2 Å². The van der Waals surface area contributed by atoms with Gasteiger partial charge in [0.15, 0.2) is 0 Å². The lowest BCUT2D eigenvalue weighted by Gasteiger charge is -2.26. The summed E-state index contributed by atoms with van der Waals surface area (Å²) < 4.78 is 1.23. The van der Waals surface area contributed by atoms with Gasteiger partial charge in [-0.15, -0.1) is 0 Å². The molecule has 2 nitrogen and oxygen atoms in total. The monoisotopic (exact) mass is 352 g/mol. The highest BCUT2D eigenvalue weighted by Gasteiger charge is 2.29. The van der Waals surface area contributed by atoms with Crippen molar-refractivity contribution in [2.75, 3.05) is 11.4 Å². The Hall–Kier alpha value is -0.540. The van der Waals surface area contributed by atoms with Gasteiger partial charge in [-0.05, 0) is 73.7 Å². The van der Waals surface area contributed by atoms with E-state index in [0.717, 1.165) is 12.6 Å². The average molecular weight is 353 g/mol. The Morgan fingerprint density at radius 2 is 2.00 bits per heavy atom. The van der Waals surface area contributed by atoms with Crippen LogP contribution in [0.25, 0.3) is 0 Å². The van der Waals surface area contributed by atoms with Crippen LogP contribution < -0.4 is 10.2 Å². The molecule has 1 saturated carbocycles. The molecule has 1 N–H and O–H groups in total. The van der Waals surface area contributed by atoms with Gasteiger partial charge >= 0.3 is 0 Å². The van der Waals surface area contributed by atoms with Crippen molar-refractivity contribution in [3.8, 4) is 0 Å². The number of benzene rings is 1. The van der Waals surface area contributed by atoms with Crippen molar-refractivity contribution in [1.82, 2.24) is 5.32 Å². The van der Waals surface area contributed by atoms with Crippen molar-refractivity contribution in [2.24, 2.45) is 0 Å². The van der Waals surface area contributed by atoms with E-state index in [1.807, 2.05) is 0 Å². The highest BCUT2D eigenvalue weighted by molar-refractivity contribution is 9.10. The van der Waals surface area contributed by atoms with E-state index in [0.29, 0.717) is 0 Å². The van der Waals surface area contributed by atoms with Crippen molar-refractivity contribution in [3.63, 3.8) is 0 Å². The summed E-state index contributed by atoms with van der Waals surface area (Å²) in [6.07, 6.45) is 5.23. The van der Waals surface area contributed by atoms with Crippen LogP contribution in [0.2, 0.25) is 0 Å². The van der Waals surface area contributed by atoms with Crippen LogP contribution in [0.4, 0.5) is 5.69 Å². The van der Waals surface area contributed by atoms with E-state index in [4.69, 9.17) is 0 Å². The Morgan fingerprint density at radius 1 is 1.29 bits per heavy atom. The summed E-state index contributed by atoms with van der Waals surface area (Å²) in [7, 11) is 0. The number of unbranched alkanes of at least 4 members (excludes halogenated alkanes) is 1. The van der Waals surface area contributed by atoms with Crippen molar-refractivity contribution in [3.05, 3.63) is 28.2 Å². The van der Waals surface area contributed by atoms with Gasteiger partial charge in [-0.3, -0.25) is 0 Å². The molecule has 0 aliphatic heterocycles. The maximum atomic E-state index is 3.79. The summed E-state index contributed by atoms with van der Waals surface area (Å²) in [5, 5.41) is 3.55. The van der Waals surface area contributed by atoms with Crippen LogP contribution in [0.1, 0.15) is 58.9 Å². The summed E-state index contributed by atoms with van der Waals surface area (Å²) in [4.78, 5) is 2.59. The molecule has 3 heteroatoms. The summed E-state index contributed by atoms with van der Waals surface area (Å²) in [5.41, 5.74) is 2.86. The quantitative estimate of drug-likeness (QED) is 0.733. The van der Waals surface area contributed by atoms with Gasteiger partial charge in [0.2, 0.25) is 0 Å². The first-order valence-electron chi connectivity index (χ1n) is 8.21. The molecule has 0 saturated heterocycles. The van der Waals surface area contributed by atoms with E-state index in [1.54, 1.807) is 0 Å². The molecule has 0 atom stereocenters. The minimum Gasteiger partial charge on any atom is -0.368 e. The van der Waals surface area contributed by atoms with E-state index >= 15 is 0 Å². The van der Waals surface area contributed by atoms with Gasteiger partial charge in [0.25, 0.3) is 0 Å². The van der Waals surface area contributed by atoms with Crippen LogP contribution in [0.5, 0.6) is 0 Å². The molecule has 0 bridgehead atoms. The number of nitrogens with one attached hydrogen (secondary N) is 1. The third kappa shape index (κ3) is 5.30. The number of halogens is 1. The van der Waals surface area contributed by atoms with Gasteiger partial charge in [-0.25, -0.2) is 0 Å². The van der Waals surface area contributed by atoms with Crippen molar-refractivity contribution >= 4 is 21.6 Å². The Kier molecular flexibility index (Phi) is 5.73. The Balaban J connectivity index is 2.06. The van der Waals surface area contributed by atoms with Gasteiger partial charge in [0.05, 0.1) is 5.69 Å². The highest BCUT2D eigenvalue weighted by atomic mass is 79.9. The van der Waals surface area contributed by atoms with E-state index in [1.165, 1.54) is 48.0 Å². The van der Waals surface area contributed by atoms with Gasteiger partial charge in [-0.2, -0.15) is 0 Å². The number of nitrogens with zero attached hydrogens (tertiary/aromatic N) is 1. The Labute approximate surface area is 138 Å². The molecule has 0 unspecified atom stereocenters. The average Bonchev–Trinajstić information content (AvgIpc) is 3.22. The molecule has 1 aliphatic carbocycles. The third-order valence-electron chi connectivity index (χ3n) is 3.88.